The number of fused-ring (bicyclic) bond motifs is 8. The van der Waals surface area contributed by atoms with E-state index in [-0.39, 0.29) is 22.3 Å². The van der Waals surface area contributed by atoms with Crippen molar-refractivity contribution in [2.24, 2.45) is 0 Å². The number of aromatic carboxylic acids is 4. The van der Waals surface area contributed by atoms with Gasteiger partial charge in [-0.05, 0) is 72.8 Å². The molecule has 8 bridgehead atoms. The molecule has 0 radical (unpaired) electrons. The van der Waals surface area contributed by atoms with Crippen molar-refractivity contribution in [1.82, 2.24) is 19.9 Å². The number of carboxylic acids is 4. The van der Waals surface area contributed by atoms with Gasteiger partial charge in [-0.3, -0.25) is 0 Å². The summed E-state index contributed by atoms with van der Waals surface area (Å²) in [5.74, 6) is -4.60. The molecule has 0 saturated heterocycles. The van der Waals surface area contributed by atoms with Gasteiger partial charge in [0, 0.05) is 88.7 Å². The molecule has 12 nitrogen and oxygen atoms in total. The van der Waals surface area contributed by atoms with Crippen LogP contribution in [0.3, 0.4) is 0 Å². The maximum Gasteiger partial charge on any atom is 0.336 e. The minimum absolute atomic E-state index is 0.0304. The Labute approximate surface area is 339 Å². The van der Waals surface area contributed by atoms with Gasteiger partial charge in [-0.15, -0.1) is 0 Å². The smallest absolute Gasteiger partial charge is 0.336 e. The summed E-state index contributed by atoms with van der Waals surface area (Å²) in [6.45, 7) is 0. The molecular weight excluding hydrogens is 761 g/mol. The highest BCUT2D eigenvalue weighted by molar-refractivity contribution is 6.00. The molecule has 9 rings (SSSR count). The molecular formula is C48H32N4O8. The Hall–Kier alpha value is -8.64. The summed E-state index contributed by atoms with van der Waals surface area (Å²) in [4.78, 5) is 64.8. The fraction of sp³-hybridized carbons (Fsp3) is 0. The molecule has 0 spiro atoms. The van der Waals surface area contributed by atoms with Crippen LogP contribution in [-0.2, 0) is 0 Å². The topological polar surface area (TPSA) is 212 Å². The van der Waals surface area contributed by atoms with Gasteiger partial charge < -0.3 is 40.4 Å². The molecule has 1 aliphatic rings. The maximum absolute atomic E-state index is 12.7. The predicted molar refractivity (Wildman–Crippen MR) is 222 cm³/mol. The SMILES string of the molecule is O=C(O)c1ccccc1C1=c2ccc([nH]2)=C(c2ccccc2C(=O)O)c2ccc([nH]2)C(c2ccccc2C(=O)O)=c2ccc([nH]2)=C(c2ccccc2C(=O)O)c2ccc1[nH]2. The third-order valence-corrected chi connectivity index (χ3v) is 10.6. The first kappa shape index (κ1) is 37.0. The normalized spacial score (nSPS) is 12.4. The highest BCUT2D eigenvalue weighted by atomic mass is 16.4. The van der Waals surface area contributed by atoms with Gasteiger partial charge in [0.1, 0.15) is 0 Å². The first-order chi connectivity index (χ1) is 29.1. The van der Waals surface area contributed by atoms with Gasteiger partial charge in [0.15, 0.2) is 0 Å². The number of hydrogen-bond acceptors (Lipinski definition) is 4. The standard InChI is InChI=1S/C48H32N4O8/c53-45(54)29-13-5-1-9-25(29)41-33-17-19-35(49-33)42(26-10-2-6-14-30(26)46(55)56)37-21-23-39(51-37)44(28-12-4-8-16-32(28)48(59)60)40-24-22-38(52-40)43(36-20-18-34(41)50-36)27-11-3-7-15-31(27)47(57)58/h1-24,49-52H,(H,53,54)(H,55,56)(H,57,58)(H,59,60). The number of H-pyrrole nitrogens is 4. The Bertz CT molecular complexity index is 2920. The monoisotopic (exact) mass is 792 g/mol. The highest BCUT2D eigenvalue weighted by Crippen LogP contribution is 2.31. The number of carboxylic acid groups (broad SMARTS) is 4. The van der Waals surface area contributed by atoms with Crippen molar-refractivity contribution >= 4 is 46.2 Å². The fourth-order valence-electron chi connectivity index (χ4n) is 8.04. The zero-order valence-electron chi connectivity index (χ0n) is 31.3. The van der Waals surface area contributed by atoms with E-state index in [0.717, 1.165) is 0 Å². The molecule has 0 amide bonds. The van der Waals surface area contributed by atoms with Gasteiger partial charge in [-0.25, -0.2) is 19.2 Å². The van der Waals surface area contributed by atoms with E-state index >= 15 is 0 Å². The van der Waals surface area contributed by atoms with E-state index in [1.807, 2.05) is 0 Å². The summed E-state index contributed by atoms with van der Waals surface area (Å²) in [6.07, 6.45) is 0. The zero-order chi connectivity index (χ0) is 41.7. The van der Waals surface area contributed by atoms with Crippen molar-refractivity contribution in [2.45, 2.75) is 0 Å². The van der Waals surface area contributed by atoms with Gasteiger partial charge in [0.2, 0.25) is 0 Å². The fourth-order valence-corrected chi connectivity index (χ4v) is 8.04. The van der Waals surface area contributed by atoms with E-state index in [4.69, 9.17) is 0 Å². The third kappa shape index (κ3) is 6.30. The molecule has 0 unspecified atom stereocenters. The Morgan fingerprint density at radius 1 is 0.283 bits per heavy atom. The van der Waals surface area contributed by atoms with E-state index in [1.165, 1.54) is 24.3 Å². The molecule has 8 N–H and O–H groups in total. The summed E-state index contributed by atoms with van der Waals surface area (Å²) in [7, 11) is 0. The zero-order valence-corrected chi connectivity index (χ0v) is 31.3. The number of nitrogens with one attached hydrogen (secondary N) is 4. The van der Waals surface area contributed by atoms with Crippen molar-refractivity contribution in [3.63, 3.8) is 0 Å². The Morgan fingerprint density at radius 3 is 0.717 bits per heavy atom. The Balaban J connectivity index is 1.49. The van der Waals surface area contributed by atoms with Gasteiger partial charge >= 0.3 is 23.9 Å². The highest BCUT2D eigenvalue weighted by Gasteiger charge is 2.24. The molecule has 5 heterocycles. The first-order valence-corrected chi connectivity index (χ1v) is 18.7. The summed E-state index contributed by atoms with van der Waals surface area (Å²) in [6, 6.07) is 40.7. The van der Waals surface area contributed by atoms with Crippen LogP contribution in [-0.4, -0.2) is 64.2 Å². The van der Waals surface area contributed by atoms with Crippen molar-refractivity contribution in [1.29, 1.82) is 0 Å². The van der Waals surface area contributed by atoms with Crippen LogP contribution in [0.15, 0.2) is 146 Å². The number of benzene rings is 4. The van der Waals surface area contributed by atoms with Crippen LogP contribution in [0.2, 0.25) is 0 Å². The van der Waals surface area contributed by atoms with Gasteiger partial charge in [-0.1, -0.05) is 72.8 Å². The molecule has 12 heteroatoms. The second-order valence-corrected chi connectivity index (χ2v) is 14.0. The minimum Gasteiger partial charge on any atom is -0.478 e. The molecule has 4 aromatic carbocycles. The molecule has 60 heavy (non-hydrogen) atoms. The summed E-state index contributed by atoms with van der Waals surface area (Å²) in [5, 5.41) is 43.6. The minimum atomic E-state index is -1.15. The molecule has 292 valence electrons. The first-order valence-electron chi connectivity index (χ1n) is 18.7. The van der Waals surface area contributed by atoms with E-state index in [0.29, 0.717) is 88.7 Å². The largest absolute Gasteiger partial charge is 0.478 e. The van der Waals surface area contributed by atoms with E-state index in [2.05, 4.69) is 19.9 Å². The second-order valence-electron chi connectivity index (χ2n) is 14.0. The lowest BCUT2D eigenvalue weighted by Gasteiger charge is -2.13. The van der Waals surface area contributed by atoms with Crippen molar-refractivity contribution in [2.75, 3.05) is 0 Å². The van der Waals surface area contributed by atoms with Crippen LogP contribution < -0.4 is 21.4 Å². The number of hydrogen-bond donors (Lipinski definition) is 8. The van der Waals surface area contributed by atoms with Gasteiger partial charge in [0.25, 0.3) is 0 Å². The van der Waals surface area contributed by atoms with Gasteiger partial charge in [-0.2, -0.15) is 0 Å². The lowest BCUT2D eigenvalue weighted by molar-refractivity contribution is 0.0685. The van der Waals surface area contributed by atoms with Crippen molar-refractivity contribution in [3.8, 4) is 0 Å². The van der Waals surface area contributed by atoms with Crippen molar-refractivity contribution in [3.05, 3.63) is 234 Å². The molecule has 0 atom stereocenters. The predicted octanol–water partition coefficient (Wildman–Crippen LogP) is 5.09. The molecule has 8 aromatic rings. The molecule has 0 fully saturated rings. The van der Waals surface area contributed by atoms with E-state index in [1.54, 1.807) is 121 Å². The van der Waals surface area contributed by atoms with Crippen LogP contribution in [0.4, 0.5) is 0 Å². The summed E-state index contributed by atoms with van der Waals surface area (Å²) in [5.41, 5.74) is 5.55. The van der Waals surface area contributed by atoms with Crippen LogP contribution >= 0.6 is 0 Å². The van der Waals surface area contributed by atoms with Crippen LogP contribution in [0.1, 0.15) is 86.5 Å². The average molecular weight is 793 g/mol. The number of aromatic nitrogens is 4. The molecule has 0 saturated carbocycles. The Kier molecular flexibility index (Phi) is 9.06. The lowest BCUT2D eigenvalue weighted by atomic mass is 9.97. The number of aromatic amines is 4. The number of rotatable bonds is 8. The van der Waals surface area contributed by atoms with Crippen molar-refractivity contribution < 1.29 is 39.6 Å². The third-order valence-electron chi connectivity index (χ3n) is 10.6. The van der Waals surface area contributed by atoms with E-state index < -0.39 is 23.9 Å². The Morgan fingerprint density at radius 2 is 0.500 bits per heavy atom. The average Bonchev–Trinajstić information content (AvgIpc) is 4.09. The number of carbonyl (C=O) groups is 4. The maximum atomic E-state index is 12.7. The van der Waals surface area contributed by atoms with Gasteiger partial charge in [0.05, 0.1) is 22.3 Å². The molecule has 4 aromatic heterocycles. The summed E-state index contributed by atoms with van der Waals surface area (Å²) < 4.78 is 0. The molecule has 1 aliphatic heterocycles. The molecule has 0 aliphatic carbocycles. The van der Waals surface area contributed by atoms with Crippen LogP contribution in [0.25, 0.3) is 22.3 Å². The lowest BCUT2D eigenvalue weighted by Crippen LogP contribution is -2.20. The quantitative estimate of drug-likeness (QED) is 0.104. The van der Waals surface area contributed by atoms with E-state index in [9.17, 15) is 39.6 Å². The second kappa shape index (κ2) is 14.7. The van der Waals surface area contributed by atoms with Crippen LogP contribution in [0.5, 0.6) is 0 Å². The van der Waals surface area contributed by atoms with Crippen LogP contribution in [0, 0.1) is 0 Å². The summed E-state index contributed by atoms with van der Waals surface area (Å²) >= 11 is 0.